The van der Waals surface area contributed by atoms with Gasteiger partial charge in [0.15, 0.2) is 12.3 Å². The Morgan fingerprint density at radius 1 is 0.796 bits per heavy atom. The first-order valence-electron chi connectivity index (χ1n) is 16.0. The van der Waals surface area contributed by atoms with Crippen LogP contribution in [0.3, 0.4) is 0 Å². The molecular weight excluding hydrogens is 681 g/mol. The lowest BCUT2D eigenvalue weighted by Crippen LogP contribution is -2.36. The minimum Gasteiger partial charge on any atom is -0.439 e. The fourth-order valence-corrected chi connectivity index (χ4v) is 8.00. The summed E-state index contributed by atoms with van der Waals surface area (Å²) in [6.45, 7) is 2.71. The highest BCUT2D eigenvalue weighted by Gasteiger charge is 2.28. The molecule has 1 aliphatic rings. The zero-order valence-corrected chi connectivity index (χ0v) is 29.3. The van der Waals surface area contributed by atoms with Crippen LogP contribution in [-0.4, -0.2) is 44.0 Å². The number of fused-ring (bicyclic) bond motifs is 2. The Bertz CT molecular complexity index is 2250. The molecule has 254 valence electrons. The lowest BCUT2D eigenvalue weighted by molar-refractivity contribution is -0.668. The second-order valence-corrected chi connectivity index (χ2v) is 16.0. The van der Waals surface area contributed by atoms with Crippen LogP contribution in [0.25, 0.3) is 38.5 Å². The monoisotopic (exact) mass is 717 g/mol. The Morgan fingerprint density at radius 2 is 1.41 bits per heavy atom. The van der Waals surface area contributed by atoms with Gasteiger partial charge in [-0.05, 0) is 58.9 Å². The number of hydrogen-bond acceptors (Lipinski definition) is 7. The lowest BCUT2D eigenvalue weighted by Gasteiger charge is -2.19. The molecule has 0 aliphatic carbocycles. The molecule has 0 fully saturated rings. The van der Waals surface area contributed by atoms with Crippen molar-refractivity contribution in [2.45, 2.75) is 32.7 Å². The van der Waals surface area contributed by atoms with Gasteiger partial charge in [0.2, 0.25) is 11.4 Å². The van der Waals surface area contributed by atoms with Gasteiger partial charge in [-0.2, -0.15) is 21.4 Å². The summed E-state index contributed by atoms with van der Waals surface area (Å²) in [4.78, 5) is 1.94. The Hall–Kier alpha value is -4.33. The molecule has 4 aromatic carbocycles. The van der Waals surface area contributed by atoms with Gasteiger partial charge in [0.05, 0.1) is 17.2 Å². The lowest BCUT2D eigenvalue weighted by atomic mass is 10.0. The van der Waals surface area contributed by atoms with Crippen LogP contribution in [0.15, 0.2) is 115 Å². The number of ether oxygens (including phenoxy) is 1. The van der Waals surface area contributed by atoms with Crippen LogP contribution >= 0.6 is 11.3 Å². The van der Waals surface area contributed by atoms with E-state index in [2.05, 4.69) is 28.8 Å². The van der Waals surface area contributed by atoms with Gasteiger partial charge in [0, 0.05) is 31.2 Å². The smallest absolute Gasteiger partial charge is 0.265 e. The van der Waals surface area contributed by atoms with E-state index in [0.29, 0.717) is 31.1 Å². The molecule has 6 rings (SSSR count). The van der Waals surface area contributed by atoms with Gasteiger partial charge in [-0.3, -0.25) is 9.11 Å². The number of nitrogens with zero attached hydrogens (tertiary/aromatic N) is 2. The van der Waals surface area contributed by atoms with E-state index in [0.717, 1.165) is 48.7 Å². The Balaban J connectivity index is 1.39. The third kappa shape index (κ3) is 8.64. The summed E-state index contributed by atoms with van der Waals surface area (Å²) in [7, 11) is -8.26. The van der Waals surface area contributed by atoms with Gasteiger partial charge < -0.3 is 9.64 Å². The van der Waals surface area contributed by atoms with Gasteiger partial charge in [0.25, 0.3) is 25.2 Å². The topological polar surface area (TPSA) is 125 Å². The first-order chi connectivity index (χ1) is 23.5. The predicted octanol–water partition coefficient (Wildman–Crippen LogP) is 7.61. The summed E-state index contributed by atoms with van der Waals surface area (Å²) < 4.78 is 74.6. The quantitative estimate of drug-likeness (QED) is 0.0942. The van der Waals surface area contributed by atoms with Crippen molar-refractivity contribution in [3.63, 3.8) is 0 Å². The number of anilines is 1. The van der Waals surface area contributed by atoms with E-state index < -0.39 is 20.2 Å². The molecule has 9 nitrogen and oxygen atoms in total. The van der Waals surface area contributed by atoms with Gasteiger partial charge in [-0.1, -0.05) is 91.1 Å². The first-order valence-corrected chi connectivity index (χ1v) is 20.0. The molecule has 0 unspecified atom stereocenters. The highest BCUT2D eigenvalue weighted by molar-refractivity contribution is 7.86. The van der Waals surface area contributed by atoms with Crippen LogP contribution in [-0.2, 0) is 26.8 Å². The van der Waals surface area contributed by atoms with Crippen LogP contribution < -0.4 is 14.2 Å². The Labute approximate surface area is 290 Å². The maximum absolute atomic E-state index is 11.6. The molecule has 0 bridgehead atoms. The molecule has 0 amide bonds. The van der Waals surface area contributed by atoms with Gasteiger partial charge >= 0.3 is 0 Å². The molecule has 2 heterocycles. The fraction of sp³-hybridized carbons (Fsp3) is 0.216. The molecule has 0 saturated heterocycles. The largest absolute Gasteiger partial charge is 0.439 e. The third-order valence-electron chi connectivity index (χ3n) is 8.27. The number of aryl methyl sites for hydroxylation is 1. The summed E-state index contributed by atoms with van der Waals surface area (Å²) in [5, 5.41) is 0.907. The molecule has 12 heteroatoms. The number of aromatic nitrogens is 1. The van der Waals surface area contributed by atoms with Gasteiger partial charge in [0.1, 0.15) is 4.70 Å². The average Bonchev–Trinajstić information content (AvgIpc) is 3.60. The molecule has 0 saturated carbocycles. The van der Waals surface area contributed by atoms with Crippen molar-refractivity contribution in [2.75, 3.05) is 23.0 Å². The molecule has 0 spiro atoms. The minimum atomic E-state index is -4.14. The number of benzene rings is 4. The number of allylic oxidation sites excluding steroid dienone is 2. The van der Waals surface area contributed by atoms with Crippen LogP contribution in [0.1, 0.15) is 31.2 Å². The van der Waals surface area contributed by atoms with Crippen molar-refractivity contribution >= 4 is 53.6 Å². The molecule has 5 aromatic rings. The summed E-state index contributed by atoms with van der Waals surface area (Å²) in [6.07, 6.45) is 5.07. The van der Waals surface area contributed by atoms with Crippen molar-refractivity contribution in [1.82, 2.24) is 0 Å². The SMILES string of the molecule is CCC(=Cc1sc2ccc(-c3ccccc3)cc2[n+]1CCCS(=O)(=O)O)C=C1Oc2ccc(-c3ccccc3)cc2N1CCCS(=O)(=O)O. The first kappa shape index (κ1) is 34.5. The fourth-order valence-electron chi connectivity index (χ4n) is 5.87. The summed E-state index contributed by atoms with van der Waals surface area (Å²) in [6, 6.07) is 32.1. The molecule has 1 aromatic heterocycles. The Morgan fingerprint density at radius 3 is 2.04 bits per heavy atom. The van der Waals surface area contributed by atoms with Crippen LogP contribution in [0.4, 0.5) is 5.69 Å². The summed E-state index contributed by atoms with van der Waals surface area (Å²) in [5.74, 6) is 0.453. The molecule has 2 N–H and O–H groups in total. The Kier molecular flexibility index (Phi) is 10.3. The second-order valence-electron chi connectivity index (χ2n) is 11.8. The maximum Gasteiger partial charge on any atom is 0.265 e. The van der Waals surface area contributed by atoms with Crippen molar-refractivity contribution in [1.29, 1.82) is 0 Å². The average molecular weight is 718 g/mol. The van der Waals surface area contributed by atoms with E-state index in [1.807, 2.05) is 96.8 Å². The highest BCUT2D eigenvalue weighted by atomic mass is 32.2. The standard InChI is InChI=1S/C37H36N2O7S3/c1-2-27(23-36-38(19-9-21-48(40,41)42)32-25-30(15-17-34(32)46-36)28-11-5-3-6-12-28)24-37-39(20-10-22-49(43,44)45)33-26-31(16-18-35(33)47-37)29-13-7-4-8-14-29/h3-8,11-18,23-26H,2,9-10,19-22H2,1H3,(H-,40,41,42,43,44,45)/p+1. The van der Waals surface area contributed by atoms with E-state index in [1.54, 1.807) is 11.3 Å². The molecule has 1 aliphatic heterocycles. The van der Waals surface area contributed by atoms with Crippen molar-refractivity contribution in [3.05, 3.63) is 120 Å². The molecule has 0 atom stereocenters. The van der Waals surface area contributed by atoms with Crippen molar-refractivity contribution in [3.8, 4) is 28.0 Å². The molecular formula is C37H37N2O7S3+. The maximum atomic E-state index is 11.6. The number of thiazole rings is 1. The zero-order valence-electron chi connectivity index (χ0n) is 26.9. The third-order valence-corrected chi connectivity index (χ3v) is 11.0. The van der Waals surface area contributed by atoms with Gasteiger partial charge in [-0.25, -0.2) is 0 Å². The number of rotatable bonds is 13. The minimum absolute atomic E-state index is 0.188. The van der Waals surface area contributed by atoms with E-state index in [9.17, 15) is 25.9 Å². The van der Waals surface area contributed by atoms with Crippen LogP contribution in [0.2, 0.25) is 0 Å². The molecule has 49 heavy (non-hydrogen) atoms. The summed E-state index contributed by atoms with van der Waals surface area (Å²) >= 11 is 1.59. The predicted molar refractivity (Wildman–Crippen MR) is 196 cm³/mol. The van der Waals surface area contributed by atoms with Crippen molar-refractivity contribution in [2.24, 2.45) is 0 Å². The number of hydrogen-bond donors (Lipinski definition) is 2. The van der Waals surface area contributed by atoms with E-state index in [4.69, 9.17) is 4.74 Å². The van der Waals surface area contributed by atoms with E-state index in [1.165, 1.54) is 0 Å². The molecule has 0 radical (unpaired) electrons. The van der Waals surface area contributed by atoms with E-state index >= 15 is 0 Å². The van der Waals surface area contributed by atoms with Crippen LogP contribution in [0.5, 0.6) is 5.75 Å². The van der Waals surface area contributed by atoms with Crippen LogP contribution in [0, 0.1) is 0 Å². The highest BCUT2D eigenvalue weighted by Crippen LogP contribution is 2.42. The van der Waals surface area contributed by atoms with E-state index in [-0.39, 0.29) is 24.3 Å². The van der Waals surface area contributed by atoms with Crippen molar-refractivity contribution < 1.29 is 35.2 Å². The zero-order chi connectivity index (χ0) is 34.6. The van der Waals surface area contributed by atoms with Gasteiger partial charge in [-0.15, -0.1) is 0 Å². The summed E-state index contributed by atoms with van der Waals surface area (Å²) in [5.41, 5.74) is 6.82. The normalized spacial score (nSPS) is 14.4. The second kappa shape index (κ2) is 14.7.